The Morgan fingerprint density at radius 2 is 1.37 bits per heavy atom. The fourth-order valence-electron chi connectivity index (χ4n) is 1.32. The molecule has 0 aliphatic carbocycles. The predicted molar refractivity (Wildman–Crippen MR) is 51.6 cm³/mol. The minimum atomic E-state index is -2.56. The molecule has 1 atom stereocenters. The van der Waals surface area contributed by atoms with Gasteiger partial charge in [-0.15, -0.1) is 0 Å². The van der Waals surface area contributed by atoms with Gasteiger partial charge in [0.2, 0.25) is 5.82 Å². The van der Waals surface area contributed by atoms with E-state index in [2.05, 4.69) is 0 Å². The SMILES string of the molecule is N[C@](CO)(Cc1c(F)c(F)c(F)c(F)c1F)C(=O)O. The molecule has 0 saturated heterocycles. The third-order valence-corrected chi connectivity index (χ3v) is 2.50. The maximum Gasteiger partial charge on any atom is 0.326 e. The number of hydrogen-bond acceptors (Lipinski definition) is 3. The fraction of sp³-hybridized carbons (Fsp3) is 0.300. The summed E-state index contributed by atoms with van der Waals surface area (Å²) in [4.78, 5) is 10.7. The van der Waals surface area contributed by atoms with Gasteiger partial charge in [0, 0.05) is 12.0 Å². The quantitative estimate of drug-likeness (QED) is 0.432. The Hall–Kier alpha value is -1.74. The molecule has 0 radical (unpaired) electrons. The summed E-state index contributed by atoms with van der Waals surface area (Å²) in [6, 6.07) is 0. The van der Waals surface area contributed by atoms with E-state index in [1.807, 2.05) is 0 Å². The second kappa shape index (κ2) is 5.10. The van der Waals surface area contributed by atoms with Gasteiger partial charge in [0.15, 0.2) is 23.3 Å². The van der Waals surface area contributed by atoms with Crippen molar-refractivity contribution in [3.8, 4) is 0 Å². The summed E-state index contributed by atoms with van der Waals surface area (Å²) in [6.45, 7) is -1.25. The summed E-state index contributed by atoms with van der Waals surface area (Å²) in [7, 11) is 0. The number of aliphatic hydroxyl groups excluding tert-OH is 1. The van der Waals surface area contributed by atoms with Crippen molar-refractivity contribution in [3.63, 3.8) is 0 Å². The standard InChI is InChI=1S/C10H8F5NO3/c11-4-3(1-10(16,2-17)9(18)19)5(12)7(14)8(15)6(4)13/h17H,1-2,16H2,(H,18,19)/t10-/m0/s1. The number of nitrogens with two attached hydrogens (primary N) is 1. The molecule has 19 heavy (non-hydrogen) atoms. The van der Waals surface area contributed by atoms with E-state index in [0.29, 0.717) is 0 Å². The van der Waals surface area contributed by atoms with Crippen LogP contribution in [-0.4, -0.2) is 28.3 Å². The van der Waals surface area contributed by atoms with Crippen LogP contribution in [0.15, 0.2) is 0 Å². The zero-order valence-electron chi connectivity index (χ0n) is 9.18. The number of carboxylic acid groups (broad SMARTS) is 1. The molecule has 0 aromatic heterocycles. The van der Waals surface area contributed by atoms with Crippen molar-refractivity contribution < 1.29 is 37.0 Å². The zero-order chi connectivity index (χ0) is 15.0. The molecule has 0 bridgehead atoms. The number of aliphatic hydroxyl groups is 1. The largest absolute Gasteiger partial charge is 0.480 e. The molecule has 0 fully saturated rings. The van der Waals surface area contributed by atoms with Crippen molar-refractivity contribution in [2.24, 2.45) is 5.73 Å². The highest BCUT2D eigenvalue weighted by Crippen LogP contribution is 2.25. The summed E-state index contributed by atoms with van der Waals surface area (Å²) in [6.07, 6.45) is -1.26. The van der Waals surface area contributed by atoms with E-state index in [1.165, 1.54) is 0 Å². The molecule has 0 saturated carbocycles. The lowest BCUT2D eigenvalue weighted by Gasteiger charge is -2.22. The van der Waals surface area contributed by atoms with Gasteiger partial charge >= 0.3 is 5.97 Å². The van der Waals surface area contributed by atoms with Crippen molar-refractivity contribution in [3.05, 3.63) is 34.6 Å². The first kappa shape index (κ1) is 15.3. The maximum atomic E-state index is 13.3. The zero-order valence-corrected chi connectivity index (χ0v) is 9.18. The molecular formula is C10H8F5NO3. The topological polar surface area (TPSA) is 83.5 Å². The lowest BCUT2D eigenvalue weighted by atomic mass is 9.92. The Labute approximate surface area is 103 Å². The second-order valence-electron chi connectivity index (χ2n) is 3.84. The third kappa shape index (κ3) is 2.51. The summed E-state index contributed by atoms with van der Waals surface area (Å²) < 4.78 is 65.1. The lowest BCUT2D eigenvalue weighted by Crippen LogP contribution is -2.53. The first-order valence-corrected chi connectivity index (χ1v) is 4.79. The molecular weight excluding hydrogens is 277 g/mol. The number of carbonyl (C=O) groups is 1. The van der Waals surface area contributed by atoms with Crippen LogP contribution in [0.5, 0.6) is 0 Å². The van der Waals surface area contributed by atoms with E-state index in [4.69, 9.17) is 15.9 Å². The van der Waals surface area contributed by atoms with E-state index >= 15 is 0 Å². The molecule has 106 valence electrons. The minimum Gasteiger partial charge on any atom is -0.480 e. The number of aliphatic carboxylic acids is 1. The molecule has 0 unspecified atom stereocenters. The summed E-state index contributed by atoms with van der Waals surface area (Å²) in [5.41, 5.74) is 1.18. The van der Waals surface area contributed by atoms with Crippen molar-refractivity contribution in [2.75, 3.05) is 6.61 Å². The predicted octanol–water partition coefficient (Wildman–Crippen LogP) is 0.699. The number of rotatable bonds is 4. The van der Waals surface area contributed by atoms with Gasteiger partial charge in [-0.2, -0.15) is 0 Å². The van der Waals surface area contributed by atoms with Gasteiger partial charge in [-0.1, -0.05) is 0 Å². The minimum absolute atomic E-state index is 1.25. The Kier molecular flexibility index (Phi) is 4.11. The molecule has 0 aliphatic heterocycles. The number of halogens is 5. The molecule has 9 heteroatoms. The van der Waals surface area contributed by atoms with Crippen LogP contribution in [0.25, 0.3) is 0 Å². The second-order valence-corrected chi connectivity index (χ2v) is 3.84. The molecule has 0 amide bonds. The van der Waals surface area contributed by atoms with E-state index in [0.717, 1.165) is 0 Å². The Morgan fingerprint density at radius 1 is 1.00 bits per heavy atom. The van der Waals surface area contributed by atoms with Crippen LogP contribution < -0.4 is 5.73 Å². The highest BCUT2D eigenvalue weighted by Gasteiger charge is 2.37. The first-order valence-electron chi connectivity index (χ1n) is 4.79. The summed E-state index contributed by atoms with van der Waals surface area (Å²) >= 11 is 0. The summed E-state index contributed by atoms with van der Waals surface area (Å²) in [5.74, 6) is -13.0. The number of benzene rings is 1. The van der Waals surface area contributed by atoms with Gasteiger partial charge in [-0.05, 0) is 0 Å². The van der Waals surface area contributed by atoms with Crippen LogP contribution in [-0.2, 0) is 11.2 Å². The van der Waals surface area contributed by atoms with Crippen LogP contribution >= 0.6 is 0 Å². The smallest absolute Gasteiger partial charge is 0.326 e. The van der Waals surface area contributed by atoms with Gasteiger partial charge in [0.05, 0.1) is 6.61 Å². The van der Waals surface area contributed by atoms with Crippen LogP contribution in [0.4, 0.5) is 22.0 Å². The first-order chi connectivity index (χ1) is 8.65. The third-order valence-electron chi connectivity index (χ3n) is 2.50. The molecule has 4 nitrogen and oxygen atoms in total. The Balaban J connectivity index is 3.41. The Morgan fingerprint density at radius 3 is 1.68 bits per heavy atom. The van der Waals surface area contributed by atoms with Gasteiger partial charge in [-0.3, -0.25) is 4.79 Å². The van der Waals surface area contributed by atoms with Crippen molar-refractivity contribution in [2.45, 2.75) is 12.0 Å². The van der Waals surface area contributed by atoms with Gasteiger partial charge in [-0.25, -0.2) is 22.0 Å². The maximum absolute atomic E-state index is 13.3. The lowest BCUT2D eigenvalue weighted by molar-refractivity contribution is -0.144. The molecule has 1 aromatic rings. The van der Waals surface area contributed by atoms with Crippen LogP contribution in [0.3, 0.4) is 0 Å². The molecule has 4 N–H and O–H groups in total. The fourth-order valence-corrected chi connectivity index (χ4v) is 1.32. The molecule has 1 rings (SSSR count). The van der Waals surface area contributed by atoms with E-state index in [-0.39, 0.29) is 0 Å². The highest BCUT2D eigenvalue weighted by atomic mass is 19.2. The molecule has 0 spiro atoms. The number of hydrogen-bond donors (Lipinski definition) is 3. The molecule has 1 aromatic carbocycles. The van der Waals surface area contributed by atoms with Crippen LogP contribution in [0.1, 0.15) is 5.56 Å². The van der Waals surface area contributed by atoms with Crippen LogP contribution in [0, 0.1) is 29.1 Å². The van der Waals surface area contributed by atoms with Gasteiger partial charge in [0.1, 0.15) is 5.54 Å². The summed E-state index contributed by atoms with van der Waals surface area (Å²) in [5, 5.41) is 17.5. The van der Waals surface area contributed by atoms with Crippen molar-refractivity contribution in [1.29, 1.82) is 0 Å². The number of carboxylic acids is 1. The average molecular weight is 285 g/mol. The van der Waals surface area contributed by atoms with Crippen molar-refractivity contribution in [1.82, 2.24) is 0 Å². The molecule has 0 aliphatic rings. The van der Waals surface area contributed by atoms with E-state index < -0.39 is 59.2 Å². The van der Waals surface area contributed by atoms with Gasteiger partial charge < -0.3 is 15.9 Å². The van der Waals surface area contributed by atoms with E-state index in [9.17, 15) is 26.7 Å². The molecule has 0 heterocycles. The van der Waals surface area contributed by atoms with E-state index in [1.54, 1.807) is 0 Å². The van der Waals surface area contributed by atoms with Crippen molar-refractivity contribution >= 4 is 5.97 Å². The monoisotopic (exact) mass is 285 g/mol. The normalized spacial score (nSPS) is 14.3. The average Bonchev–Trinajstić information content (AvgIpc) is 2.38. The van der Waals surface area contributed by atoms with Gasteiger partial charge in [0.25, 0.3) is 0 Å². The highest BCUT2D eigenvalue weighted by molar-refractivity contribution is 5.79. The Bertz CT molecular complexity index is 507. The van der Waals surface area contributed by atoms with Crippen LogP contribution in [0.2, 0.25) is 0 Å².